The van der Waals surface area contributed by atoms with Gasteiger partial charge in [-0.15, -0.1) is 0 Å². The van der Waals surface area contributed by atoms with Crippen molar-refractivity contribution in [1.29, 1.82) is 0 Å². The van der Waals surface area contributed by atoms with Crippen LogP contribution in [-0.2, 0) is 32.4 Å². The number of halogens is 2. The molecule has 0 saturated carbocycles. The standard InChI is InChI=1S/C17H24BrNO3Si.C16H22BrNO3Si/c1-12-10-14-15(18)7-6-13(17(20)21-2)16(14)19(12)11-22-8-9-23(3,4)5;1-20-16(19)13-5-6-14(17)12-7-8-18(15(12)13)11-21-9-10-22(2,3)4/h6-7,10H,8-9,11H2,1-5H3;5-8H,9-11H2,1-4H3. The average Bonchev–Trinajstić information content (AvgIpc) is 3.54. The van der Waals surface area contributed by atoms with E-state index in [1.807, 2.05) is 40.5 Å². The first-order chi connectivity index (χ1) is 21.1. The molecule has 246 valence electrons. The van der Waals surface area contributed by atoms with Crippen LogP contribution in [0, 0.1) is 6.92 Å². The van der Waals surface area contributed by atoms with E-state index in [9.17, 15) is 9.59 Å². The molecule has 0 bridgehead atoms. The predicted octanol–water partition coefficient (Wildman–Crippen LogP) is 9.31. The molecule has 12 heteroatoms. The van der Waals surface area contributed by atoms with Crippen LogP contribution in [0.3, 0.4) is 0 Å². The molecule has 45 heavy (non-hydrogen) atoms. The summed E-state index contributed by atoms with van der Waals surface area (Å²) in [5.41, 5.74) is 3.88. The Hall–Kier alpha value is -2.23. The van der Waals surface area contributed by atoms with Gasteiger partial charge in [-0.25, -0.2) is 9.59 Å². The van der Waals surface area contributed by atoms with Crippen LogP contribution in [0.25, 0.3) is 21.8 Å². The molecule has 0 saturated heterocycles. The fourth-order valence-corrected chi connectivity index (χ4v) is 7.06. The van der Waals surface area contributed by atoms with Gasteiger partial charge in [0.25, 0.3) is 0 Å². The number of benzene rings is 2. The number of ether oxygens (including phenoxy) is 4. The van der Waals surface area contributed by atoms with Crippen LogP contribution in [-0.4, -0.2) is 64.7 Å². The fourth-order valence-electron chi connectivity index (χ4n) is 4.66. The maximum absolute atomic E-state index is 12.1. The molecule has 2 aromatic carbocycles. The number of carbonyl (C=O) groups excluding carboxylic acids is 2. The lowest BCUT2D eigenvalue weighted by molar-refractivity contribution is 0.0591. The molecule has 0 N–H and O–H groups in total. The van der Waals surface area contributed by atoms with Crippen molar-refractivity contribution in [2.75, 3.05) is 27.4 Å². The van der Waals surface area contributed by atoms with Crippen LogP contribution < -0.4 is 0 Å². The van der Waals surface area contributed by atoms with Gasteiger partial charge in [0.1, 0.15) is 13.5 Å². The summed E-state index contributed by atoms with van der Waals surface area (Å²) in [5, 5.41) is 1.98. The second kappa shape index (κ2) is 16.1. The number of nitrogens with zero attached hydrogens (tertiary/aromatic N) is 2. The first-order valence-corrected chi connectivity index (χ1v) is 24.0. The molecule has 0 unspecified atom stereocenters. The minimum Gasteiger partial charge on any atom is -0.465 e. The van der Waals surface area contributed by atoms with Gasteiger partial charge in [0.2, 0.25) is 0 Å². The summed E-state index contributed by atoms with van der Waals surface area (Å²) in [6.07, 6.45) is 1.94. The normalized spacial score (nSPS) is 11.9. The van der Waals surface area contributed by atoms with E-state index in [0.29, 0.717) is 24.6 Å². The summed E-state index contributed by atoms with van der Waals surface area (Å²) >= 11 is 7.08. The van der Waals surface area contributed by atoms with E-state index < -0.39 is 16.1 Å². The van der Waals surface area contributed by atoms with Gasteiger partial charge >= 0.3 is 11.9 Å². The number of hydrogen-bond donors (Lipinski definition) is 0. The molecular formula is C33H46Br2N2O6Si2. The fraction of sp³-hybridized carbons (Fsp3) is 0.455. The summed E-state index contributed by atoms with van der Waals surface area (Å²) in [7, 11) is 0.602. The number of esters is 2. The summed E-state index contributed by atoms with van der Waals surface area (Å²) in [4.78, 5) is 24.0. The number of hydrogen-bond acceptors (Lipinski definition) is 6. The maximum atomic E-state index is 12.1. The Kier molecular flexibility index (Phi) is 13.3. The lowest BCUT2D eigenvalue weighted by atomic mass is 10.1. The molecule has 8 nitrogen and oxygen atoms in total. The summed E-state index contributed by atoms with van der Waals surface area (Å²) in [6.45, 7) is 18.4. The molecule has 4 rings (SSSR count). The number of fused-ring (bicyclic) bond motifs is 2. The summed E-state index contributed by atoms with van der Waals surface area (Å²) in [6, 6.07) is 13.6. The van der Waals surface area contributed by atoms with Crippen molar-refractivity contribution in [3.63, 3.8) is 0 Å². The Bertz CT molecular complexity index is 1640. The third-order valence-corrected chi connectivity index (χ3v) is 12.1. The van der Waals surface area contributed by atoms with Gasteiger partial charge in [-0.2, -0.15) is 0 Å². The molecule has 0 aliphatic heterocycles. The van der Waals surface area contributed by atoms with E-state index in [4.69, 9.17) is 18.9 Å². The van der Waals surface area contributed by atoms with Gasteiger partial charge in [-0.05, 0) is 55.4 Å². The Morgan fingerprint density at radius 3 is 1.71 bits per heavy atom. The zero-order chi connectivity index (χ0) is 33.5. The third-order valence-electron chi connectivity index (χ3n) is 7.34. The highest BCUT2D eigenvalue weighted by Crippen LogP contribution is 2.31. The zero-order valence-corrected chi connectivity index (χ0v) is 33.1. The Balaban J connectivity index is 0.000000246. The Morgan fingerprint density at radius 1 is 0.711 bits per heavy atom. The number of methoxy groups -OCH3 is 2. The maximum Gasteiger partial charge on any atom is 0.340 e. The second-order valence-corrected chi connectivity index (χ2v) is 26.3. The summed E-state index contributed by atoms with van der Waals surface area (Å²) < 4.78 is 27.4. The highest BCUT2D eigenvalue weighted by molar-refractivity contribution is 9.11. The van der Waals surface area contributed by atoms with Crippen LogP contribution in [0.15, 0.2) is 51.5 Å². The van der Waals surface area contributed by atoms with Crippen molar-refractivity contribution in [1.82, 2.24) is 9.13 Å². The van der Waals surface area contributed by atoms with Crippen molar-refractivity contribution in [3.8, 4) is 0 Å². The van der Waals surface area contributed by atoms with Crippen LogP contribution in [0.1, 0.15) is 26.4 Å². The van der Waals surface area contributed by atoms with Crippen molar-refractivity contribution in [3.05, 3.63) is 68.4 Å². The smallest absolute Gasteiger partial charge is 0.340 e. The van der Waals surface area contributed by atoms with E-state index in [2.05, 4.69) is 77.2 Å². The number of aryl methyl sites for hydroxylation is 1. The Morgan fingerprint density at radius 2 is 1.20 bits per heavy atom. The van der Waals surface area contributed by atoms with Crippen LogP contribution in [0.2, 0.25) is 51.4 Å². The van der Waals surface area contributed by atoms with Gasteiger partial charge in [-0.1, -0.05) is 71.1 Å². The molecule has 0 aliphatic carbocycles. The minimum atomic E-state index is -1.11. The first-order valence-electron chi connectivity index (χ1n) is 15.0. The van der Waals surface area contributed by atoms with Gasteiger partial charge < -0.3 is 28.1 Å². The number of aromatic nitrogens is 2. The topological polar surface area (TPSA) is 80.9 Å². The number of carbonyl (C=O) groups is 2. The molecule has 0 atom stereocenters. The quantitative estimate of drug-likeness (QED) is 0.0810. The molecule has 0 spiro atoms. The molecule has 2 heterocycles. The molecule has 2 aromatic heterocycles. The monoisotopic (exact) mass is 780 g/mol. The summed E-state index contributed by atoms with van der Waals surface area (Å²) in [5.74, 6) is -0.663. The van der Waals surface area contributed by atoms with E-state index in [1.165, 1.54) is 14.2 Å². The van der Waals surface area contributed by atoms with Gasteiger partial charge in [0, 0.05) is 61.0 Å². The molecule has 0 radical (unpaired) electrons. The molecule has 4 aromatic rings. The zero-order valence-electron chi connectivity index (χ0n) is 27.9. The molecule has 0 aliphatic rings. The highest BCUT2D eigenvalue weighted by Gasteiger charge is 2.19. The van der Waals surface area contributed by atoms with Gasteiger partial charge in [0.05, 0.1) is 36.4 Å². The van der Waals surface area contributed by atoms with E-state index in [1.54, 1.807) is 12.1 Å². The van der Waals surface area contributed by atoms with Crippen molar-refractivity contribution in [2.45, 2.75) is 71.8 Å². The van der Waals surface area contributed by atoms with E-state index in [0.717, 1.165) is 61.7 Å². The molecule has 0 fully saturated rings. The second-order valence-electron chi connectivity index (χ2n) is 13.4. The van der Waals surface area contributed by atoms with Crippen molar-refractivity contribution < 1.29 is 28.5 Å². The number of rotatable bonds is 12. The van der Waals surface area contributed by atoms with E-state index >= 15 is 0 Å². The van der Waals surface area contributed by atoms with Crippen LogP contribution in [0.4, 0.5) is 0 Å². The minimum absolute atomic E-state index is 0.330. The SMILES string of the molecule is COC(=O)c1ccc(Br)c2cc(C)n(COCC[Si](C)(C)C)c12.COC(=O)c1ccc(Br)c2ccn(COCC[Si](C)(C)C)c12. The van der Waals surface area contributed by atoms with Gasteiger partial charge in [0.15, 0.2) is 0 Å². The Labute approximate surface area is 285 Å². The lowest BCUT2D eigenvalue weighted by Crippen LogP contribution is -2.22. The van der Waals surface area contributed by atoms with Crippen molar-refractivity contribution >= 4 is 81.8 Å². The van der Waals surface area contributed by atoms with Crippen molar-refractivity contribution in [2.24, 2.45) is 0 Å². The first kappa shape index (κ1) is 37.2. The van der Waals surface area contributed by atoms with E-state index in [-0.39, 0.29) is 11.9 Å². The third kappa shape index (κ3) is 10.1. The largest absolute Gasteiger partial charge is 0.465 e. The average molecular weight is 783 g/mol. The molecular weight excluding hydrogens is 736 g/mol. The highest BCUT2D eigenvalue weighted by atomic mass is 79.9. The molecule has 0 amide bonds. The van der Waals surface area contributed by atoms with Crippen LogP contribution in [0.5, 0.6) is 0 Å². The van der Waals surface area contributed by atoms with Gasteiger partial charge in [-0.3, -0.25) is 0 Å². The predicted molar refractivity (Wildman–Crippen MR) is 195 cm³/mol. The lowest BCUT2D eigenvalue weighted by Gasteiger charge is -2.17. The van der Waals surface area contributed by atoms with Crippen LogP contribution >= 0.6 is 31.9 Å².